The van der Waals surface area contributed by atoms with E-state index in [0.29, 0.717) is 18.0 Å². The molecule has 6 nitrogen and oxygen atoms in total. The van der Waals surface area contributed by atoms with E-state index in [-0.39, 0.29) is 0 Å². The fraction of sp³-hybridized carbons (Fsp3) is 0.471. The van der Waals surface area contributed by atoms with Gasteiger partial charge in [0.15, 0.2) is 0 Å². The Balaban J connectivity index is 1.67. The average molecular weight is 348 g/mol. The van der Waals surface area contributed by atoms with Crippen LogP contribution in [-0.4, -0.2) is 54.0 Å². The summed E-state index contributed by atoms with van der Waals surface area (Å²) in [4.78, 5) is 2.66. The molecule has 1 aromatic heterocycles. The molecule has 1 aromatic carbocycles. The van der Waals surface area contributed by atoms with Crippen LogP contribution in [0.15, 0.2) is 29.3 Å². The molecule has 0 spiro atoms. The summed E-state index contributed by atoms with van der Waals surface area (Å²) in [6.07, 6.45) is 1.84. The molecule has 3 rings (SSSR count). The first-order valence-corrected chi connectivity index (χ1v) is 9.60. The van der Waals surface area contributed by atoms with Crippen LogP contribution in [0.5, 0.6) is 0 Å². The number of aryl methyl sites for hydroxylation is 3. The van der Waals surface area contributed by atoms with Crippen LogP contribution in [0, 0.1) is 20.8 Å². The lowest BCUT2D eigenvalue weighted by Gasteiger charge is -2.34. The smallest absolute Gasteiger partial charge is 0.243 e. The van der Waals surface area contributed by atoms with Crippen molar-refractivity contribution in [3.8, 4) is 0 Å². The molecular weight excluding hydrogens is 324 g/mol. The first-order valence-electron chi connectivity index (χ1n) is 8.16. The molecule has 1 N–H and O–H groups in total. The molecule has 0 aliphatic carbocycles. The molecular formula is C17H24N4O2S. The van der Waals surface area contributed by atoms with Gasteiger partial charge in [0, 0.05) is 44.0 Å². The van der Waals surface area contributed by atoms with Gasteiger partial charge in [0.05, 0.1) is 11.1 Å². The van der Waals surface area contributed by atoms with Crippen molar-refractivity contribution in [3.05, 3.63) is 46.8 Å². The predicted molar refractivity (Wildman–Crippen MR) is 93.3 cm³/mol. The number of aromatic amines is 1. The molecule has 0 unspecified atom stereocenters. The minimum atomic E-state index is -3.41. The quantitative estimate of drug-likeness (QED) is 0.915. The van der Waals surface area contributed by atoms with Gasteiger partial charge >= 0.3 is 0 Å². The van der Waals surface area contributed by atoms with Crippen molar-refractivity contribution in [2.45, 2.75) is 32.2 Å². The van der Waals surface area contributed by atoms with Gasteiger partial charge < -0.3 is 0 Å². The molecule has 0 radical (unpaired) electrons. The van der Waals surface area contributed by atoms with Crippen LogP contribution < -0.4 is 0 Å². The number of nitrogens with zero attached hydrogens (tertiary/aromatic N) is 3. The highest BCUT2D eigenvalue weighted by Crippen LogP contribution is 2.21. The summed E-state index contributed by atoms with van der Waals surface area (Å²) in [7, 11) is -3.41. The predicted octanol–water partition coefficient (Wildman–Crippen LogP) is 1.84. The number of benzene rings is 1. The molecule has 0 amide bonds. The van der Waals surface area contributed by atoms with Crippen LogP contribution >= 0.6 is 0 Å². The third-order valence-electron chi connectivity index (χ3n) is 4.78. The number of aromatic nitrogens is 2. The van der Waals surface area contributed by atoms with E-state index in [1.54, 1.807) is 16.4 Å². The molecule has 0 atom stereocenters. The minimum Gasteiger partial charge on any atom is -0.296 e. The van der Waals surface area contributed by atoms with Crippen molar-refractivity contribution in [1.82, 2.24) is 19.4 Å². The van der Waals surface area contributed by atoms with Gasteiger partial charge in [-0.25, -0.2) is 8.42 Å². The van der Waals surface area contributed by atoms with Crippen LogP contribution in [0.2, 0.25) is 0 Å². The van der Waals surface area contributed by atoms with Gasteiger partial charge in [0.1, 0.15) is 0 Å². The fourth-order valence-electron chi connectivity index (χ4n) is 2.93. The Morgan fingerprint density at radius 2 is 1.79 bits per heavy atom. The second-order valence-corrected chi connectivity index (χ2v) is 8.38. The van der Waals surface area contributed by atoms with Crippen molar-refractivity contribution in [3.63, 3.8) is 0 Å². The number of hydrogen-bond acceptors (Lipinski definition) is 4. The molecule has 0 bridgehead atoms. The molecule has 2 heterocycles. The van der Waals surface area contributed by atoms with E-state index in [0.717, 1.165) is 36.5 Å². The minimum absolute atomic E-state index is 0.393. The van der Waals surface area contributed by atoms with Gasteiger partial charge in [-0.05, 0) is 44.0 Å². The summed E-state index contributed by atoms with van der Waals surface area (Å²) in [5, 5.41) is 6.98. The molecule has 0 saturated carbocycles. The van der Waals surface area contributed by atoms with Crippen molar-refractivity contribution >= 4 is 10.0 Å². The van der Waals surface area contributed by atoms with Crippen molar-refractivity contribution in [2.75, 3.05) is 26.2 Å². The molecule has 7 heteroatoms. The van der Waals surface area contributed by atoms with Crippen molar-refractivity contribution in [1.29, 1.82) is 0 Å². The van der Waals surface area contributed by atoms with Crippen LogP contribution in [0.25, 0.3) is 0 Å². The first-order chi connectivity index (χ1) is 11.4. The lowest BCUT2D eigenvalue weighted by atomic mass is 10.1. The number of H-pyrrole nitrogens is 1. The Morgan fingerprint density at radius 1 is 1.08 bits per heavy atom. The number of rotatable bonds is 4. The Bertz CT molecular complexity index is 821. The molecule has 24 heavy (non-hydrogen) atoms. The van der Waals surface area contributed by atoms with E-state index in [9.17, 15) is 8.42 Å². The Kier molecular flexibility index (Phi) is 4.76. The fourth-order valence-corrected chi connectivity index (χ4v) is 4.44. The summed E-state index contributed by atoms with van der Waals surface area (Å²) in [5.41, 5.74) is 4.35. The summed E-state index contributed by atoms with van der Waals surface area (Å²) >= 11 is 0. The van der Waals surface area contributed by atoms with Crippen LogP contribution in [0.3, 0.4) is 0 Å². The molecule has 1 fully saturated rings. The Morgan fingerprint density at radius 3 is 2.38 bits per heavy atom. The van der Waals surface area contributed by atoms with E-state index in [1.807, 2.05) is 33.0 Å². The molecule has 1 aliphatic heterocycles. The lowest BCUT2D eigenvalue weighted by molar-refractivity contribution is 0.181. The number of piperazine rings is 1. The molecule has 2 aromatic rings. The zero-order valence-corrected chi connectivity index (χ0v) is 15.2. The molecule has 130 valence electrons. The lowest BCUT2D eigenvalue weighted by Crippen LogP contribution is -2.48. The number of sulfonamides is 1. The number of hydrogen-bond donors (Lipinski definition) is 1. The highest BCUT2D eigenvalue weighted by atomic mass is 32.2. The second-order valence-electron chi connectivity index (χ2n) is 6.45. The molecule has 1 aliphatic rings. The topological polar surface area (TPSA) is 69.3 Å². The highest BCUT2D eigenvalue weighted by molar-refractivity contribution is 7.89. The maximum absolute atomic E-state index is 12.8. The van der Waals surface area contributed by atoms with Crippen LogP contribution in [0.1, 0.15) is 22.4 Å². The summed E-state index contributed by atoms with van der Waals surface area (Å²) in [6, 6.07) is 5.35. The third kappa shape index (κ3) is 3.38. The van der Waals surface area contributed by atoms with Gasteiger partial charge in [-0.2, -0.15) is 9.40 Å². The van der Waals surface area contributed by atoms with Crippen LogP contribution in [-0.2, 0) is 16.6 Å². The van der Waals surface area contributed by atoms with Crippen molar-refractivity contribution < 1.29 is 8.42 Å². The Hall–Kier alpha value is -1.70. The van der Waals surface area contributed by atoms with Gasteiger partial charge in [-0.3, -0.25) is 10.00 Å². The maximum Gasteiger partial charge on any atom is 0.243 e. The summed E-state index contributed by atoms with van der Waals surface area (Å²) < 4.78 is 27.2. The maximum atomic E-state index is 12.8. The monoisotopic (exact) mass is 348 g/mol. The SMILES string of the molecule is Cc1ccc(S(=O)(=O)N2CCN(Cc3cn[nH]c3C)CC2)cc1C. The summed E-state index contributed by atoms with van der Waals surface area (Å²) in [5.74, 6) is 0. The second kappa shape index (κ2) is 6.66. The average Bonchev–Trinajstić information content (AvgIpc) is 2.95. The zero-order valence-electron chi connectivity index (χ0n) is 14.4. The van der Waals surface area contributed by atoms with Crippen molar-refractivity contribution in [2.24, 2.45) is 0 Å². The third-order valence-corrected chi connectivity index (χ3v) is 6.67. The van der Waals surface area contributed by atoms with E-state index in [1.165, 1.54) is 5.56 Å². The van der Waals surface area contributed by atoms with Gasteiger partial charge in [0.2, 0.25) is 10.0 Å². The van der Waals surface area contributed by atoms with Gasteiger partial charge in [0.25, 0.3) is 0 Å². The largest absolute Gasteiger partial charge is 0.296 e. The molecule has 1 saturated heterocycles. The standard InChI is InChI=1S/C17H24N4O2S/c1-13-4-5-17(10-14(13)2)24(22,23)21-8-6-20(7-9-21)12-16-11-18-19-15(16)3/h4-5,10-11H,6-9,12H2,1-3H3,(H,18,19). The van der Waals surface area contributed by atoms with E-state index < -0.39 is 10.0 Å². The van der Waals surface area contributed by atoms with E-state index >= 15 is 0 Å². The van der Waals surface area contributed by atoms with Gasteiger partial charge in [-0.1, -0.05) is 6.07 Å². The first kappa shape index (κ1) is 17.1. The summed E-state index contributed by atoms with van der Waals surface area (Å²) in [6.45, 7) is 9.24. The highest BCUT2D eigenvalue weighted by Gasteiger charge is 2.28. The van der Waals surface area contributed by atoms with Crippen LogP contribution in [0.4, 0.5) is 0 Å². The van der Waals surface area contributed by atoms with E-state index in [2.05, 4.69) is 15.1 Å². The van der Waals surface area contributed by atoms with E-state index in [4.69, 9.17) is 0 Å². The normalized spacial score (nSPS) is 17.3. The Labute approximate surface area is 143 Å². The van der Waals surface area contributed by atoms with Gasteiger partial charge in [-0.15, -0.1) is 0 Å². The number of nitrogens with one attached hydrogen (secondary N) is 1. The zero-order chi connectivity index (χ0) is 17.3.